The van der Waals surface area contributed by atoms with Crippen LogP contribution in [0.1, 0.15) is 17.7 Å². The van der Waals surface area contributed by atoms with Crippen molar-refractivity contribution in [2.24, 2.45) is 0 Å². The third kappa shape index (κ3) is 3.04. The lowest BCUT2D eigenvalue weighted by atomic mass is 10.0. The first-order valence-corrected chi connectivity index (χ1v) is 8.88. The van der Waals surface area contributed by atoms with E-state index in [-0.39, 0.29) is 5.91 Å². The van der Waals surface area contributed by atoms with E-state index in [1.54, 1.807) is 13.2 Å². The van der Waals surface area contributed by atoms with E-state index in [9.17, 15) is 9.90 Å². The Balaban J connectivity index is 1.73. The van der Waals surface area contributed by atoms with Crippen molar-refractivity contribution in [1.29, 1.82) is 0 Å². The molecule has 7 heteroatoms. The maximum Gasteiger partial charge on any atom is 0.267 e. The van der Waals surface area contributed by atoms with Gasteiger partial charge in [-0.05, 0) is 25.1 Å². The molecule has 0 bridgehead atoms. The van der Waals surface area contributed by atoms with Crippen LogP contribution in [0.4, 0.5) is 5.82 Å². The van der Waals surface area contributed by atoms with Crippen molar-refractivity contribution in [2.45, 2.75) is 18.9 Å². The highest BCUT2D eigenvalue weighted by atomic mass is 16.3. The lowest BCUT2D eigenvalue weighted by Gasteiger charge is -2.13. The number of nitrogens with zero attached hydrogens (tertiary/aromatic N) is 4. The highest BCUT2D eigenvalue weighted by Crippen LogP contribution is 2.25. The van der Waals surface area contributed by atoms with E-state index in [0.717, 1.165) is 16.6 Å². The summed E-state index contributed by atoms with van der Waals surface area (Å²) in [6, 6.07) is 9.19. The van der Waals surface area contributed by atoms with Crippen molar-refractivity contribution in [3.8, 4) is 23.2 Å². The number of likely N-dealkylation sites (N-methyl/N-ethyl adjacent to an activating group) is 1. The van der Waals surface area contributed by atoms with Gasteiger partial charge in [-0.3, -0.25) is 4.79 Å². The minimum absolute atomic E-state index is 0.300. The number of carbonyl (C=O) groups excluding carboxylic acids is 1. The predicted octanol–water partition coefficient (Wildman–Crippen LogP) is 1.53. The van der Waals surface area contributed by atoms with Gasteiger partial charge in [-0.25, -0.2) is 15.0 Å². The fourth-order valence-corrected chi connectivity index (χ4v) is 3.24. The molecule has 0 unspecified atom stereocenters. The summed E-state index contributed by atoms with van der Waals surface area (Å²) in [5.41, 5.74) is 7.19. The Morgan fingerprint density at radius 2 is 2.11 bits per heavy atom. The van der Waals surface area contributed by atoms with Crippen molar-refractivity contribution in [3.05, 3.63) is 47.8 Å². The molecule has 0 radical (unpaired) electrons. The number of fused-ring (bicyclic) bond motifs is 1. The summed E-state index contributed by atoms with van der Waals surface area (Å²) in [4.78, 5) is 26.8. The molecule has 7 nitrogen and oxygen atoms in total. The summed E-state index contributed by atoms with van der Waals surface area (Å²) < 4.78 is 0. The van der Waals surface area contributed by atoms with E-state index in [0.29, 0.717) is 35.7 Å². The summed E-state index contributed by atoms with van der Waals surface area (Å²) in [5.74, 6) is 6.14. The molecule has 1 fully saturated rings. The zero-order valence-electron chi connectivity index (χ0n) is 15.6. The molecule has 0 saturated carbocycles. The molecule has 3 heterocycles. The minimum atomic E-state index is -1.62. The molecule has 0 aliphatic carbocycles. The van der Waals surface area contributed by atoms with Crippen LogP contribution in [-0.2, 0) is 4.79 Å². The maximum absolute atomic E-state index is 12.1. The number of hydrogen-bond acceptors (Lipinski definition) is 6. The van der Waals surface area contributed by atoms with Gasteiger partial charge in [-0.2, -0.15) is 0 Å². The Bertz CT molecular complexity index is 1160. The number of aromatic nitrogens is 3. The predicted molar refractivity (Wildman–Crippen MR) is 106 cm³/mol. The monoisotopic (exact) mass is 373 g/mol. The van der Waals surface area contributed by atoms with Gasteiger partial charge in [0.05, 0.1) is 0 Å². The van der Waals surface area contributed by atoms with E-state index in [1.165, 1.54) is 4.90 Å². The summed E-state index contributed by atoms with van der Waals surface area (Å²) in [7, 11) is 1.66. The molecular formula is C21H19N5O2. The second-order valence-electron chi connectivity index (χ2n) is 6.89. The average Bonchev–Trinajstić information content (AvgIpc) is 2.95. The lowest BCUT2D eigenvalue weighted by Crippen LogP contribution is -2.37. The first-order chi connectivity index (χ1) is 13.4. The molecule has 140 valence electrons. The Hall–Kier alpha value is -3.50. The number of nitrogens with two attached hydrogens (primary N) is 1. The number of benzene rings is 1. The second-order valence-corrected chi connectivity index (χ2v) is 6.89. The number of rotatable bonds is 1. The van der Waals surface area contributed by atoms with Crippen LogP contribution < -0.4 is 5.73 Å². The molecule has 3 N–H and O–H groups in total. The third-order valence-electron chi connectivity index (χ3n) is 4.88. The van der Waals surface area contributed by atoms with Crippen molar-refractivity contribution in [3.63, 3.8) is 0 Å². The van der Waals surface area contributed by atoms with E-state index < -0.39 is 5.60 Å². The zero-order valence-corrected chi connectivity index (χ0v) is 15.6. The number of anilines is 1. The molecule has 2 aromatic heterocycles. The minimum Gasteiger partial charge on any atom is -0.382 e. The quantitative estimate of drug-likeness (QED) is 0.627. The smallest absolute Gasteiger partial charge is 0.267 e. The van der Waals surface area contributed by atoms with Gasteiger partial charge in [-0.1, -0.05) is 24.0 Å². The number of likely N-dealkylation sites (tertiary alicyclic amines) is 1. The standard InChI is InChI=1S/C21H19N5O2/c1-13-16-7-10-23-18(22)17(16)25-19(24-13)15-5-3-4-14(12-15)6-8-21(28)9-11-26(2)20(21)27/h3-5,7,10,12,28H,9,11H2,1-2H3,(H2,22,23)/t21-/m1/s1. The summed E-state index contributed by atoms with van der Waals surface area (Å²) in [6.07, 6.45) is 1.94. The fourth-order valence-electron chi connectivity index (χ4n) is 3.24. The zero-order chi connectivity index (χ0) is 19.9. The van der Waals surface area contributed by atoms with Gasteiger partial charge >= 0.3 is 0 Å². The van der Waals surface area contributed by atoms with Crippen molar-refractivity contribution in [1.82, 2.24) is 19.9 Å². The van der Waals surface area contributed by atoms with Crippen LogP contribution in [0.15, 0.2) is 36.5 Å². The first kappa shape index (κ1) is 17.9. The first-order valence-electron chi connectivity index (χ1n) is 8.88. The summed E-state index contributed by atoms with van der Waals surface area (Å²) >= 11 is 0. The van der Waals surface area contributed by atoms with Crippen LogP contribution in [0.3, 0.4) is 0 Å². The Morgan fingerprint density at radius 3 is 2.86 bits per heavy atom. The Morgan fingerprint density at radius 1 is 1.29 bits per heavy atom. The number of hydrogen-bond donors (Lipinski definition) is 2. The molecule has 1 atom stereocenters. The molecule has 4 rings (SSSR count). The normalized spacial score (nSPS) is 19.0. The fraction of sp³-hybridized carbons (Fsp3) is 0.238. The summed E-state index contributed by atoms with van der Waals surface area (Å²) in [6.45, 7) is 2.39. The SMILES string of the molecule is Cc1nc(-c2cccc(C#C[C@@]3(O)CCN(C)C3=O)c2)nc2c(N)nccc12. The highest BCUT2D eigenvalue weighted by molar-refractivity contribution is 5.91. The molecule has 1 aliphatic heterocycles. The molecular weight excluding hydrogens is 354 g/mol. The number of amides is 1. The molecule has 0 spiro atoms. The number of pyridine rings is 1. The molecule has 1 amide bonds. The van der Waals surface area contributed by atoms with E-state index in [1.807, 2.05) is 37.3 Å². The number of aliphatic hydroxyl groups is 1. The van der Waals surface area contributed by atoms with Crippen molar-refractivity contribution >= 4 is 22.6 Å². The van der Waals surface area contributed by atoms with Crippen LogP contribution in [0.2, 0.25) is 0 Å². The number of nitrogen functional groups attached to an aromatic ring is 1. The van der Waals surface area contributed by atoms with Crippen LogP contribution >= 0.6 is 0 Å². The lowest BCUT2D eigenvalue weighted by molar-refractivity contribution is -0.137. The van der Waals surface area contributed by atoms with Crippen LogP contribution in [0.5, 0.6) is 0 Å². The Labute approximate surface area is 162 Å². The molecule has 1 aliphatic rings. The van der Waals surface area contributed by atoms with Crippen LogP contribution in [0.25, 0.3) is 22.3 Å². The molecule has 1 aromatic carbocycles. The van der Waals surface area contributed by atoms with E-state index in [4.69, 9.17) is 5.73 Å². The van der Waals surface area contributed by atoms with E-state index in [2.05, 4.69) is 26.8 Å². The third-order valence-corrected chi connectivity index (χ3v) is 4.88. The van der Waals surface area contributed by atoms with Crippen LogP contribution in [-0.4, -0.2) is 50.1 Å². The second kappa shape index (κ2) is 6.59. The van der Waals surface area contributed by atoms with Gasteiger partial charge < -0.3 is 15.7 Å². The van der Waals surface area contributed by atoms with Gasteiger partial charge in [-0.15, -0.1) is 0 Å². The van der Waals surface area contributed by atoms with Gasteiger partial charge in [0.25, 0.3) is 5.91 Å². The summed E-state index contributed by atoms with van der Waals surface area (Å²) in [5, 5.41) is 11.3. The Kier molecular flexibility index (Phi) is 4.21. The average molecular weight is 373 g/mol. The van der Waals surface area contributed by atoms with E-state index >= 15 is 0 Å². The number of aryl methyl sites for hydroxylation is 1. The van der Waals surface area contributed by atoms with Gasteiger partial charge in [0.1, 0.15) is 11.3 Å². The highest BCUT2D eigenvalue weighted by Gasteiger charge is 2.42. The molecule has 1 saturated heterocycles. The maximum atomic E-state index is 12.1. The number of carbonyl (C=O) groups is 1. The van der Waals surface area contributed by atoms with Gasteiger partial charge in [0, 0.05) is 48.4 Å². The van der Waals surface area contributed by atoms with Gasteiger partial charge in [0.2, 0.25) is 5.60 Å². The largest absolute Gasteiger partial charge is 0.382 e. The van der Waals surface area contributed by atoms with Gasteiger partial charge in [0.15, 0.2) is 5.82 Å². The molecule has 28 heavy (non-hydrogen) atoms. The molecule has 3 aromatic rings. The van der Waals surface area contributed by atoms with Crippen molar-refractivity contribution in [2.75, 3.05) is 19.3 Å². The van der Waals surface area contributed by atoms with Crippen molar-refractivity contribution < 1.29 is 9.90 Å². The topological polar surface area (TPSA) is 105 Å². The van der Waals surface area contributed by atoms with Crippen LogP contribution in [0, 0.1) is 18.8 Å².